The number of para-hydroxylation sites is 1. The van der Waals surface area contributed by atoms with Gasteiger partial charge in [0.05, 0.1) is 0 Å². The third-order valence-electron chi connectivity index (χ3n) is 3.59. The third-order valence-corrected chi connectivity index (χ3v) is 3.59. The van der Waals surface area contributed by atoms with Gasteiger partial charge in [0.25, 0.3) is 0 Å². The van der Waals surface area contributed by atoms with E-state index in [9.17, 15) is 4.79 Å². The second-order valence-electron chi connectivity index (χ2n) is 4.78. The molecule has 1 N–H and O–H groups in total. The molecule has 1 aliphatic carbocycles. The molecule has 0 aliphatic heterocycles. The summed E-state index contributed by atoms with van der Waals surface area (Å²) in [5, 5.41) is 8.72. The monoisotopic (exact) mass is 245 g/mol. The minimum atomic E-state index is -0.909. The van der Waals surface area contributed by atoms with Crippen molar-refractivity contribution < 1.29 is 9.90 Å². The highest BCUT2D eigenvalue weighted by Gasteiger charge is 2.20. The lowest BCUT2D eigenvalue weighted by Gasteiger charge is -2.28. The summed E-state index contributed by atoms with van der Waals surface area (Å²) >= 11 is 0. The number of rotatable bonds is 4. The molecule has 0 atom stereocenters. The molecule has 0 radical (unpaired) electrons. The molecule has 0 aromatic heterocycles. The number of benzene rings is 1. The molecule has 0 spiro atoms. The summed E-state index contributed by atoms with van der Waals surface area (Å²) in [4.78, 5) is 12.9. The van der Waals surface area contributed by atoms with Crippen LogP contribution >= 0.6 is 0 Å². The van der Waals surface area contributed by atoms with Crippen LogP contribution in [0.1, 0.15) is 31.2 Å². The Bertz CT molecular complexity index is 448. The Hall–Kier alpha value is -1.77. The van der Waals surface area contributed by atoms with Gasteiger partial charge in [-0.15, -0.1) is 0 Å². The van der Waals surface area contributed by atoms with Gasteiger partial charge >= 0.3 is 5.97 Å². The maximum Gasteiger partial charge on any atom is 0.328 e. The van der Waals surface area contributed by atoms with Crippen molar-refractivity contribution >= 4 is 17.7 Å². The average molecular weight is 245 g/mol. The Labute approximate surface area is 108 Å². The summed E-state index contributed by atoms with van der Waals surface area (Å²) in [6.45, 7) is 0. The Morgan fingerprint density at radius 3 is 2.67 bits per heavy atom. The molecular weight excluding hydrogens is 226 g/mol. The molecule has 1 saturated carbocycles. The van der Waals surface area contributed by atoms with Crippen molar-refractivity contribution in [3.8, 4) is 0 Å². The topological polar surface area (TPSA) is 40.5 Å². The maximum atomic E-state index is 10.6. The van der Waals surface area contributed by atoms with E-state index in [0.717, 1.165) is 11.3 Å². The Morgan fingerprint density at radius 1 is 1.33 bits per heavy atom. The lowest BCUT2D eigenvalue weighted by molar-refractivity contribution is -0.131. The van der Waals surface area contributed by atoms with Crippen molar-refractivity contribution in [1.29, 1.82) is 0 Å². The summed E-state index contributed by atoms with van der Waals surface area (Å²) in [7, 11) is 2.10. The van der Waals surface area contributed by atoms with Gasteiger partial charge in [0.2, 0.25) is 0 Å². The first kappa shape index (κ1) is 12.7. The molecular formula is C15H19NO2. The highest BCUT2D eigenvalue weighted by molar-refractivity contribution is 5.87. The summed E-state index contributed by atoms with van der Waals surface area (Å²) in [6.07, 6.45) is 7.91. The van der Waals surface area contributed by atoms with Crippen molar-refractivity contribution in [2.24, 2.45) is 0 Å². The van der Waals surface area contributed by atoms with Gasteiger partial charge in [0.1, 0.15) is 0 Å². The highest BCUT2D eigenvalue weighted by Crippen LogP contribution is 2.29. The Balaban J connectivity index is 2.23. The molecule has 2 rings (SSSR count). The van der Waals surface area contributed by atoms with Crippen molar-refractivity contribution in [3.63, 3.8) is 0 Å². The van der Waals surface area contributed by atoms with E-state index in [1.165, 1.54) is 31.8 Å². The minimum absolute atomic E-state index is 0.587. The number of aliphatic carboxylic acids is 1. The quantitative estimate of drug-likeness (QED) is 0.828. The van der Waals surface area contributed by atoms with Crippen LogP contribution in [0.3, 0.4) is 0 Å². The number of carboxylic acid groups (broad SMARTS) is 1. The zero-order valence-corrected chi connectivity index (χ0v) is 10.7. The SMILES string of the molecule is CN(c1ccccc1/C=C/C(=O)O)C1CCCC1. The zero-order chi connectivity index (χ0) is 13.0. The van der Waals surface area contributed by atoms with E-state index in [1.54, 1.807) is 6.08 Å². The molecule has 0 saturated heterocycles. The smallest absolute Gasteiger partial charge is 0.328 e. The molecule has 0 bridgehead atoms. The van der Waals surface area contributed by atoms with E-state index in [2.05, 4.69) is 18.0 Å². The Morgan fingerprint density at radius 2 is 2.00 bits per heavy atom. The van der Waals surface area contributed by atoms with E-state index >= 15 is 0 Å². The van der Waals surface area contributed by atoms with Gasteiger partial charge in [-0.3, -0.25) is 0 Å². The predicted octanol–water partition coefficient (Wildman–Crippen LogP) is 3.16. The fourth-order valence-corrected chi connectivity index (χ4v) is 2.60. The van der Waals surface area contributed by atoms with E-state index in [0.29, 0.717) is 6.04 Å². The summed E-state index contributed by atoms with van der Waals surface area (Å²) in [6, 6.07) is 8.54. The number of anilines is 1. The van der Waals surface area contributed by atoms with Gasteiger partial charge in [-0.2, -0.15) is 0 Å². The number of hydrogen-bond acceptors (Lipinski definition) is 2. The molecule has 96 valence electrons. The van der Waals surface area contributed by atoms with Crippen LogP contribution in [0.2, 0.25) is 0 Å². The van der Waals surface area contributed by atoms with Crippen LogP contribution < -0.4 is 4.90 Å². The standard InChI is InChI=1S/C15H19NO2/c1-16(13-7-3-4-8-13)14-9-5-2-6-12(14)10-11-15(17)18/h2,5-6,9-11,13H,3-4,7-8H2,1H3,(H,17,18)/b11-10+. The van der Waals surface area contributed by atoms with Crippen LogP contribution in [0.15, 0.2) is 30.3 Å². The lowest BCUT2D eigenvalue weighted by atomic mass is 10.1. The highest BCUT2D eigenvalue weighted by atomic mass is 16.4. The number of carbonyl (C=O) groups is 1. The molecule has 0 unspecified atom stereocenters. The van der Waals surface area contributed by atoms with Crippen LogP contribution in [-0.2, 0) is 4.79 Å². The van der Waals surface area contributed by atoms with Gasteiger partial charge in [-0.05, 0) is 30.5 Å². The lowest BCUT2D eigenvalue weighted by Crippen LogP contribution is -2.29. The van der Waals surface area contributed by atoms with Crippen molar-refractivity contribution in [3.05, 3.63) is 35.9 Å². The molecule has 3 heteroatoms. The Kier molecular flexibility index (Phi) is 4.03. The minimum Gasteiger partial charge on any atom is -0.478 e. The second kappa shape index (κ2) is 5.71. The van der Waals surface area contributed by atoms with Crippen LogP contribution in [0, 0.1) is 0 Å². The number of hydrogen-bond donors (Lipinski definition) is 1. The largest absolute Gasteiger partial charge is 0.478 e. The first-order valence-electron chi connectivity index (χ1n) is 6.41. The van der Waals surface area contributed by atoms with Gasteiger partial charge in [0, 0.05) is 24.9 Å². The molecule has 1 fully saturated rings. The number of nitrogens with zero attached hydrogens (tertiary/aromatic N) is 1. The first-order chi connectivity index (χ1) is 8.68. The molecule has 0 heterocycles. The first-order valence-corrected chi connectivity index (χ1v) is 6.41. The average Bonchev–Trinajstić information content (AvgIpc) is 2.89. The van der Waals surface area contributed by atoms with Gasteiger partial charge < -0.3 is 10.0 Å². The fourth-order valence-electron chi connectivity index (χ4n) is 2.60. The molecule has 1 aromatic rings. The second-order valence-corrected chi connectivity index (χ2v) is 4.78. The molecule has 18 heavy (non-hydrogen) atoms. The van der Waals surface area contributed by atoms with Crippen LogP contribution in [0.4, 0.5) is 5.69 Å². The normalized spacial score (nSPS) is 16.3. The third kappa shape index (κ3) is 2.92. The van der Waals surface area contributed by atoms with Crippen LogP contribution in [0.25, 0.3) is 6.08 Å². The molecule has 1 aromatic carbocycles. The summed E-state index contributed by atoms with van der Waals surface area (Å²) < 4.78 is 0. The molecule has 3 nitrogen and oxygen atoms in total. The van der Waals surface area contributed by atoms with E-state index in [1.807, 2.05) is 18.2 Å². The van der Waals surface area contributed by atoms with Gasteiger partial charge in [-0.25, -0.2) is 4.79 Å². The predicted molar refractivity (Wildman–Crippen MR) is 73.8 cm³/mol. The van der Waals surface area contributed by atoms with Crippen LogP contribution in [0.5, 0.6) is 0 Å². The fraction of sp³-hybridized carbons (Fsp3) is 0.400. The molecule has 0 amide bonds. The van der Waals surface area contributed by atoms with Crippen LogP contribution in [-0.4, -0.2) is 24.2 Å². The van der Waals surface area contributed by atoms with E-state index in [-0.39, 0.29) is 0 Å². The maximum absolute atomic E-state index is 10.6. The summed E-state index contributed by atoms with van der Waals surface area (Å²) in [5.41, 5.74) is 2.08. The zero-order valence-electron chi connectivity index (χ0n) is 10.7. The summed E-state index contributed by atoms with van der Waals surface area (Å²) in [5.74, 6) is -0.909. The number of carboxylic acids is 1. The van der Waals surface area contributed by atoms with Crippen molar-refractivity contribution in [2.75, 3.05) is 11.9 Å². The van der Waals surface area contributed by atoms with Crippen molar-refractivity contribution in [2.45, 2.75) is 31.7 Å². The van der Waals surface area contributed by atoms with E-state index < -0.39 is 5.97 Å². The molecule has 1 aliphatic rings. The van der Waals surface area contributed by atoms with E-state index in [4.69, 9.17) is 5.11 Å². The van der Waals surface area contributed by atoms with Crippen molar-refractivity contribution in [1.82, 2.24) is 0 Å². The van der Waals surface area contributed by atoms with Gasteiger partial charge in [0.15, 0.2) is 0 Å². The van der Waals surface area contributed by atoms with Gasteiger partial charge in [-0.1, -0.05) is 31.0 Å².